The van der Waals surface area contributed by atoms with Gasteiger partial charge in [-0.05, 0) is 50.7 Å². The predicted octanol–water partition coefficient (Wildman–Crippen LogP) is 4.71. The SMILES string of the molecule is CCCN1C(=O)[C@@H]2[C@@H](CC(C)=C3[C@@H](CC/C(=C/c4ccccc4O)CC)OC[C@@H]32)C1=O. The number of hydrogen-bond acceptors (Lipinski definition) is 4. The Morgan fingerprint density at radius 3 is 2.68 bits per heavy atom. The van der Waals surface area contributed by atoms with Crippen molar-refractivity contribution in [3.63, 3.8) is 0 Å². The fraction of sp³-hybridized carbons (Fsp3) is 0.538. The number of amides is 2. The lowest BCUT2D eigenvalue weighted by atomic mass is 9.70. The van der Waals surface area contributed by atoms with Gasteiger partial charge in [0.05, 0.1) is 24.5 Å². The Bertz CT molecular complexity index is 931. The van der Waals surface area contributed by atoms with Gasteiger partial charge in [-0.2, -0.15) is 0 Å². The van der Waals surface area contributed by atoms with Crippen LogP contribution in [-0.2, 0) is 14.3 Å². The molecule has 2 aliphatic heterocycles. The summed E-state index contributed by atoms with van der Waals surface area (Å²) in [5.41, 5.74) is 4.60. The third-order valence-electron chi connectivity index (χ3n) is 7.17. The number of rotatable bonds is 7. The van der Waals surface area contributed by atoms with Gasteiger partial charge in [-0.25, -0.2) is 0 Å². The zero-order chi connectivity index (χ0) is 22.1. The lowest BCUT2D eigenvalue weighted by Crippen LogP contribution is -2.34. The molecular formula is C26H33NO4. The number of carbonyl (C=O) groups is 2. The molecule has 5 heteroatoms. The summed E-state index contributed by atoms with van der Waals surface area (Å²) in [5, 5.41) is 10.1. The molecule has 0 bridgehead atoms. The second kappa shape index (κ2) is 8.99. The van der Waals surface area contributed by atoms with Gasteiger partial charge in [-0.15, -0.1) is 0 Å². The molecule has 0 unspecified atom stereocenters. The third-order valence-corrected chi connectivity index (χ3v) is 7.17. The molecule has 4 atom stereocenters. The summed E-state index contributed by atoms with van der Waals surface area (Å²) in [5.74, 6) is -0.104. The van der Waals surface area contributed by atoms with Gasteiger partial charge in [-0.1, -0.05) is 49.3 Å². The van der Waals surface area contributed by atoms with E-state index in [1.807, 2.05) is 25.1 Å². The van der Waals surface area contributed by atoms with Crippen LogP contribution in [-0.4, -0.2) is 41.1 Å². The van der Waals surface area contributed by atoms with Crippen molar-refractivity contribution < 1.29 is 19.4 Å². The van der Waals surface area contributed by atoms with Crippen molar-refractivity contribution in [3.05, 3.63) is 46.5 Å². The van der Waals surface area contributed by atoms with Crippen LogP contribution in [0.4, 0.5) is 0 Å². The molecule has 2 amide bonds. The van der Waals surface area contributed by atoms with E-state index < -0.39 is 0 Å². The largest absolute Gasteiger partial charge is 0.507 e. The average molecular weight is 424 g/mol. The Morgan fingerprint density at radius 2 is 1.97 bits per heavy atom. The van der Waals surface area contributed by atoms with E-state index in [0.29, 0.717) is 25.3 Å². The minimum Gasteiger partial charge on any atom is -0.507 e. The maximum Gasteiger partial charge on any atom is 0.233 e. The number of likely N-dealkylation sites (tertiary alicyclic amines) is 1. The highest BCUT2D eigenvalue weighted by Crippen LogP contribution is 2.49. The predicted molar refractivity (Wildman–Crippen MR) is 120 cm³/mol. The van der Waals surface area contributed by atoms with Crippen molar-refractivity contribution in [1.82, 2.24) is 4.90 Å². The van der Waals surface area contributed by atoms with E-state index in [2.05, 4.69) is 19.9 Å². The van der Waals surface area contributed by atoms with E-state index in [0.717, 1.165) is 31.2 Å². The van der Waals surface area contributed by atoms with Crippen LogP contribution in [0.3, 0.4) is 0 Å². The molecule has 0 spiro atoms. The van der Waals surface area contributed by atoms with Crippen LogP contribution in [0, 0.1) is 17.8 Å². The number of nitrogens with zero attached hydrogens (tertiary/aromatic N) is 1. The Balaban J connectivity index is 1.50. The number of hydrogen-bond donors (Lipinski definition) is 1. The van der Waals surface area contributed by atoms with Gasteiger partial charge < -0.3 is 9.84 Å². The maximum atomic E-state index is 13.0. The first-order valence-corrected chi connectivity index (χ1v) is 11.6. The summed E-state index contributed by atoms with van der Waals surface area (Å²) in [7, 11) is 0. The monoisotopic (exact) mass is 423 g/mol. The number of allylic oxidation sites excluding steroid dienone is 2. The Morgan fingerprint density at radius 1 is 1.19 bits per heavy atom. The molecule has 31 heavy (non-hydrogen) atoms. The van der Waals surface area contributed by atoms with Gasteiger partial charge >= 0.3 is 0 Å². The highest BCUT2D eigenvalue weighted by molar-refractivity contribution is 6.05. The van der Waals surface area contributed by atoms with Gasteiger partial charge in [0.1, 0.15) is 5.75 Å². The summed E-state index contributed by atoms with van der Waals surface area (Å²) < 4.78 is 6.21. The molecule has 2 saturated heterocycles. The molecule has 4 rings (SSSR count). The van der Waals surface area contributed by atoms with Crippen LogP contribution in [0.2, 0.25) is 0 Å². The van der Waals surface area contributed by atoms with Gasteiger partial charge in [0.15, 0.2) is 0 Å². The van der Waals surface area contributed by atoms with Crippen LogP contribution in [0.1, 0.15) is 58.4 Å². The fourth-order valence-corrected chi connectivity index (χ4v) is 5.64. The van der Waals surface area contributed by atoms with Gasteiger partial charge in [-0.3, -0.25) is 14.5 Å². The van der Waals surface area contributed by atoms with E-state index in [4.69, 9.17) is 4.74 Å². The average Bonchev–Trinajstić information content (AvgIpc) is 3.28. The number of imide groups is 1. The number of para-hydroxylation sites is 1. The lowest BCUT2D eigenvalue weighted by molar-refractivity contribution is -0.140. The molecule has 3 aliphatic rings. The summed E-state index contributed by atoms with van der Waals surface area (Å²) >= 11 is 0. The van der Waals surface area contributed by atoms with E-state index in [1.165, 1.54) is 21.6 Å². The minimum atomic E-state index is -0.245. The first-order valence-electron chi connectivity index (χ1n) is 11.6. The topological polar surface area (TPSA) is 66.8 Å². The number of aromatic hydroxyl groups is 1. The quantitative estimate of drug-likeness (QED) is 0.509. The summed E-state index contributed by atoms with van der Waals surface area (Å²) in [4.78, 5) is 27.4. The highest BCUT2D eigenvalue weighted by atomic mass is 16.5. The van der Waals surface area contributed by atoms with Crippen molar-refractivity contribution in [3.8, 4) is 5.75 Å². The van der Waals surface area contributed by atoms with Crippen molar-refractivity contribution in [2.45, 2.75) is 59.0 Å². The number of phenols is 1. The molecule has 1 N–H and O–H groups in total. The molecule has 1 aromatic carbocycles. The molecular weight excluding hydrogens is 390 g/mol. The van der Waals surface area contributed by atoms with Crippen LogP contribution in [0.25, 0.3) is 6.08 Å². The summed E-state index contributed by atoms with van der Waals surface area (Å²) in [6.45, 7) is 7.29. The molecule has 2 fully saturated rings. The van der Waals surface area contributed by atoms with Crippen molar-refractivity contribution in [1.29, 1.82) is 0 Å². The Kier molecular flexibility index (Phi) is 6.33. The van der Waals surface area contributed by atoms with Crippen molar-refractivity contribution in [2.24, 2.45) is 17.8 Å². The Labute approximate surface area is 184 Å². The summed E-state index contributed by atoms with van der Waals surface area (Å²) in [6.07, 6.45) is 6.19. The van der Waals surface area contributed by atoms with Gasteiger partial charge in [0.2, 0.25) is 11.8 Å². The molecule has 2 heterocycles. The van der Waals surface area contributed by atoms with Crippen LogP contribution in [0.5, 0.6) is 5.75 Å². The first kappa shape index (κ1) is 21.8. The van der Waals surface area contributed by atoms with E-state index in [1.54, 1.807) is 6.07 Å². The van der Waals surface area contributed by atoms with E-state index >= 15 is 0 Å². The normalized spacial score (nSPS) is 28.4. The standard InChI is InChI=1S/C26H33NO4/c1-4-12-27-25(29)19-13-16(3)23-20(24(19)26(27)30)15-31-22(23)11-10-17(5-2)14-18-8-6-7-9-21(18)28/h6-9,14,19-20,22,24,28H,4-5,10-13,15H2,1-3H3/b17-14+/t19-,20+,22-,24-/m1/s1. The fourth-order valence-electron chi connectivity index (χ4n) is 5.64. The number of carbonyl (C=O) groups excluding carboxylic acids is 2. The molecule has 1 aromatic rings. The van der Waals surface area contributed by atoms with E-state index in [9.17, 15) is 14.7 Å². The zero-order valence-electron chi connectivity index (χ0n) is 18.8. The van der Waals surface area contributed by atoms with Crippen LogP contribution < -0.4 is 0 Å². The molecule has 1 aliphatic carbocycles. The highest BCUT2D eigenvalue weighted by Gasteiger charge is 2.56. The second-order valence-corrected chi connectivity index (χ2v) is 9.08. The smallest absolute Gasteiger partial charge is 0.233 e. The van der Waals surface area contributed by atoms with Crippen LogP contribution in [0.15, 0.2) is 41.0 Å². The Hall–Kier alpha value is -2.40. The number of phenolic OH excluding ortho intramolecular Hbond substituents is 1. The van der Waals surface area contributed by atoms with Gasteiger partial charge in [0.25, 0.3) is 0 Å². The maximum absolute atomic E-state index is 13.0. The lowest BCUT2D eigenvalue weighted by Gasteiger charge is -2.30. The van der Waals surface area contributed by atoms with Crippen molar-refractivity contribution >= 4 is 17.9 Å². The summed E-state index contributed by atoms with van der Waals surface area (Å²) in [6, 6.07) is 7.38. The minimum absolute atomic E-state index is 0.00444. The van der Waals surface area contributed by atoms with Crippen LogP contribution >= 0.6 is 0 Å². The molecule has 0 saturated carbocycles. The second-order valence-electron chi connectivity index (χ2n) is 9.08. The first-order chi connectivity index (χ1) is 15.0. The van der Waals surface area contributed by atoms with E-state index in [-0.39, 0.29) is 35.7 Å². The van der Waals surface area contributed by atoms with Crippen molar-refractivity contribution in [2.75, 3.05) is 13.2 Å². The molecule has 0 radical (unpaired) electrons. The number of benzene rings is 1. The molecule has 0 aromatic heterocycles. The number of ether oxygens (including phenoxy) is 1. The van der Waals surface area contributed by atoms with Gasteiger partial charge in [0, 0.05) is 18.0 Å². The third kappa shape index (κ3) is 3.96. The molecule has 5 nitrogen and oxygen atoms in total. The number of fused-ring (bicyclic) bond motifs is 3. The molecule has 166 valence electrons. The zero-order valence-corrected chi connectivity index (χ0v) is 18.8.